The predicted molar refractivity (Wildman–Crippen MR) is 61.0 cm³/mol. The van der Waals surface area contributed by atoms with Gasteiger partial charge in [-0.1, -0.05) is 0 Å². The molecular formula is C10H9BrFNO4. The molecule has 0 aliphatic rings. The van der Waals surface area contributed by atoms with E-state index in [1.807, 2.05) is 0 Å². The molecule has 0 bridgehead atoms. The van der Waals surface area contributed by atoms with Gasteiger partial charge in [0.25, 0.3) is 5.91 Å². The fourth-order valence-corrected chi connectivity index (χ4v) is 1.45. The highest BCUT2D eigenvalue weighted by Crippen LogP contribution is 2.32. The second-order valence-corrected chi connectivity index (χ2v) is 3.97. The highest BCUT2D eigenvalue weighted by atomic mass is 79.9. The van der Waals surface area contributed by atoms with Crippen LogP contribution in [0.3, 0.4) is 0 Å². The fourth-order valence-electron chi connectivity index (χ4n) is 1.01. The number of halogens is 2. The molecule has 92 valence electrons. The summed E-state index contributed by atoms with van der Waals surface area (Å²) < 4.78 is 17.5. The minimum absolute atomic E-state index is 0.103. The van der Waals surface area contributed by atoms with Crippen molar-refractivity contribution >= 4 is 33.5 Å². The van der Waals surface area contributed by atoms with Gasteiger partial charge in [0.15, 0.2) is 12.4 Å². The van der Waals surface area contributed by atoms with Crippen molar-refractivity contribution in [2.75, 3.05) is 11.9 Å². The largest absolute Gasteiger partial charge is 0.505 e. The number of benzene rings is 1. The number of phenolic OH excluding ortho intramolecular Hbond substituents is 1. The Labute approximate surface area is 105 Å². The van der Waals surface area contributed by atoms with Crippen molar-refractivity contribution in [2.24, 2.45) is 0 Å². The van der Waals surface area contributed by atoms with E-state index < -0.39 is 24.3 Å². The number of hydrogen-bond acceptors (Lipinski definition) is 4. The van der Waals surface area contributed by atoms with Crippen LogP contribution in [0.15, 0.2) is 16.6 Å². The number of esters is 1. The molecule has 0 fully saturated rings. The van der Waals surface area contributed by atoms with Crippen molar-refractivity contribution in [3.05, 3.63) is 22.4 Å². The number of ether oxygens (including phenoxy) is 1. The normalized spacial score (nSPS) is 9.82. The number of carbonyl (C=O) groups excluding carboxylic acids is 2. The summed E-state index contributed by atoms with van der Waals surface area (Å²) in [5, 5.41) is 11.7. The summed E-state index contributed by atoms with van der Waals surface area (Å²) in [4.78, 5) is 21.7. The molecule has 0 saturated carbocycles. The highest BCUT2D eigenvalue weighted by Gasteiger charge is 2.12. The van der Waals surface area contributed by atoms with Gasteiger partial charge in [0, 0.05) is 13.0 Å². The summed E-state index contributed by atoms with van der Waals surface area (Å²) in [5.41, 5.74) is -0.103. The first kappa shape index (κ1) is 13.4. The molecule has 1 rings (SSSR count). The zero-order valence-corrected chi connectivity index (χ0v) is 10.4. The summed E-state index contributed by atoms with van der Waals surface area (Å²) in [7, 11) is 0. The van der Waals surface area contributed by atoms with Crippen molar-refractivity contribution in [3.8, 4) is 5.75 Å². The van der Waals surface area contributed by atoms with Crippen LogP contribution in [0.4, 0.5) is 10.1 Å². The van der Waals surface area contributed by atoms with E-state index in [0.29, 0.717) is 0 Å². The van der Waals surface area contributed by atoms with E-state index >= 15 is 0 Å². The number of rotatable bonds is 3. The number of amides is 1. The maximum Gasteiger partial charge on any atom is 0.303 e. The lowest BCUT2D eigenvalue weighted by atomic mass is 10.3. The molecule has 0 saturated heterocycles. The lowest BCUT2D eigenvalue weighted by Crippen LogP contribution is -2.20. The van der Waals surface area contributed by atoms with Gasteiger partial charge in [-0.25, -0.2) is 4.39 Å². The van der Waals surface area contributed by atoms with Gasteiger partial charge in [-0.05, 0) is 22.0 Å². The molecule has 1 aromatic carbocycles. The number of nitrogens with one attached hydrogen (secondary N) is 1. The lowest BCUT2D eigenvalue weighted by molar-refractivity contribution is -0.144. The van der Waals surface area contributed by atoms with Gasteiger partial charge in [0.1, 0.15) is 5.82 Å². The van der Waals surface area contributed by atoms with Crippen LogP contribution in [0, 0.1) is 5.82 Å². The summed E-state index contributed by atoms with van der Waals surface area (Å²) in [5.74, 6) is -2.21. The van der Waals surface area contributed by atoms with Crippen molar-refractivity contribution in [1.82, 2.24) is 0 Å². The molecule has 17 heavy (non-hydrogen) atoms. The molecule has 0 unspecified atom stereocenters. The van der Waals surface area contributed by atoms with Crippen LogP contribution in [0.2, 0.25) is 0 Å². The topological polar surface area (TPSA) is 75.6 Å². The first-order valence-electron chi connectivity index (χ1n) is 4.51. The third-order valence-electron chi connectivity index (χ3n) is 1.71. The molecule has 0 heterocycles. The third-order valence-corrected chi connectivity index (χ3v) is 2.31. The van der Waals surface area contributed by atoms with E-state index in [4.69, 9.17) is 0 Å². The second kappa shape index (κ2) is 5.62. The number of anilines is 1. The Kier molecular flexibility index (Phi) is 4.45. The van der Waals surface area contributed by atoms with E-state index in [2.05, 4.69) is 26.0 Å². The van der Waals surface area contributed by atoms with Crippen LogP contribution >= 0.6 is 15.9 Å². The maximum absolute atomic E-state index is 13.0. The van der Waals surface area contributed by atoms with Gasteiger partial charge in [-0.15, -0.1) is 0 Å². The first-order chi connectivity index (χ1) is 7.90. The smallest absolute Gasteiger partial charge is 0.303 e. The van der Waals surface area contributed by atoms with Crippen molar-refractivity contribution in [2.45, 2.75) is 6.92 Å². The molecule has 0 atom stereocenters. The Morgan fingerprint density at radius 3 is 2.76 bits per heavy atom. The molecular weight excluding hydrogens is 297 g/mol. The molecule has 5 nitrogen and oxygen atoms in total. The second-order valence-electron chi connectivity index (χ2n) is 3.11. The molecule has 0 aromatic heterocycles. The van der Waals surface area contributed by atoms with Gasteiger partial charge in [-0.3, -0.25) is 9.59 Å². The van der Waals surface area contributed by atoms with Gasteiger partial charge in [0.05, 0.1) is 10.2 Å². The first-order valence-corrected chi connectivity index (χ1v) is 5.30. The van der Waals surface area contributed by atoms with E-state index in [0.717, 1.165) is 19.1 Å². The molecule has 0 aliphatic carbocycles. The van der Waals surface area contributed by atoms with E-state index in [-0.39, 0.29) is 15.9 Å². The zero-order chi connectivity index (χ0) is 13.0. The van der Waals surface area contributed by atoms with Gasteiger partial charge in [0.2, 0.25) is 0 Å². The van der Waals surface area contributed by atoms with Gasteiger partial charge in [-0.2, -0.15) is 0 Å². The van der Waals surface area contributed by atoms with Crippen LogP contribution < -0.4 is 5.32 Å². The van der Waals surface area contributed by atoms with Gasteiger partial charge < -0.3 is 15.2 Å². The van der Waals surface area contributed by atoms with Crippen LogP contribution in [0.5, 0.6) is 5.75 Å². The van der Waals surface area contributed by atoms with Crippen LogP contribution in [0.1, 0.15) is 6.92 Å². The SMILES string of the molecule is CC(=O)OCC(=O)Nc1cc(F)cc(Br)c1O. The van der Waals surface area contributed by atoms with Crippen molar-refractivity contribution in [3.63, 3.8) is 0 Å². The number of aromatic hydroxyl groups is 1. The maximum atomic E-state index is 13.0. The quantitative estimate of drug-likeness (QED) is 0.659. The third kappa shape index (κ3) is 4.03. The Morgan fingerprint density at radius 1 is 1.53 bits per heavy atom. The minimum Gasteiger partial charge on any atom is -0.505 e. The predicted octanol–water partition coefficient (Wildman–Crippen LogP) is 1.80. The molecule has 1 amide bonds. The summed E-state index contributed by atoms with van der Waals surface area (Å²) in [6.45, 7) is 0.659. The summed E-state index contributed by atoms with van der Waals surface area (Å²) >= 11 is 2.92. The van der Waals surface area contributed by atoms with Crippen molar-refractivity contribution in [1.29, 1.82) is 0 Å². The summed E-state index contributed by atoms with van der Waals surface area (Å²) in [6, 6.07) is 2.00. The Hall–Kier alpha value is -1.63. The lowest BCUT2D eigenvalue weighted by Gasteiger charge is -2.08. The average molecular weight is 306 g/mol. The molecule has 0 spiro atoms. The Balaban J connectivity index is 2.74. The molecule has 2 N–H and O–H groups in total. The number of carbonyl (C=O) groups is 2. The van der Waals surface area contributed by atoms with Gasteiger partial charge >= 0.3 is 5.97 Å². The minimum atomic E-state index is -0.673. The molecule has 0 aliphatic heterocycles. The Morgan fingerprint density at radius 2 is 2.18 bits per heavy atom. The van der Waals surface area contributed by atoms with E-state index in [1.165, 1.54) is 0 Å². The summed E-state index contributed by atoms with van der Waals surface area (Å²) in [6.07, 6.45) is 0. The molecule has 7 heteroatoms. The molecule has 0 radical (unpaired) electrons. The molecule has 1 aromatic rings. The number of hydrogen-bond donors (Lipinski definition) is 2. The zero-order valence-electron chi connectivity index (χ0n) is 8.79. The fraction of sp³-hybridized carbons (Fsp3) is 0.200. The average Bonchev–Trinajstić information content (AvgIpc) is 2.22. The van der Waals surface area contributed by atoms with Crippen LogP contribution in [-0.2, 0) is 14.3 Å². The highest BCUT2D eigenvalue weighted by molar-refractivity contribution is 9.10. The number of phenols is 1. The Bertz CT molecular complexity index is 464. The monoisotopic (exact) mass is 305 g/mol. The van der Waals surface area contributed by atoms with Crippen LogP contribution in [-0.4, -0.2) is 23.6 Å². The standard InChI is InChI=1S/C10H9BrFNO4/c1-5(14)17-4-9(15)13-8-3-6(12)2-7(11)10(8)16/h2-3,16H,4H2,1H3,(H,13,15). The van der Waals surface area contributed by atoms with Crippen molar-refractivity contribution < 1.29 is 23.8 Å². The van der Waals surface area contributed by atoms with E-state index in [9.17, 15) is 19.1 Å². The van der Waals surface area contributed by atoms with Crippen LogP contribution in [0.25, 0.3) is 0 Å². The van der Waals surface area contributed by atoms with E-state index in [1.54, 1.807) is 0 Å².